The van der Waals surface area contributed by atoms with E-state index in [0.717, 1.165) is 19.3 Å². The fraction of sp³-hybridized carbons (Fsp3) is 0.923. The third-order valence-electron chi connectivity index (χ3n) is 5.21. The number of hydrogen-bond donors (Lipinski definition) is 2. The monoisotopic (exact) mass is 286 g/mol. The lowest BCUT2D eigenvalue weighted by Gasteiger charge is -2.31. The van der Waals surface area contributed by atoms with Crippen LogP contribution in [0.5, 0.6) is 0 Å². The van der Waals surface area contributed by atoms with Gasteiger partial charge in [-0.1, -0.05) is 0 Å². The first-order valence-corrected chi connectivity index (χ1v) is 8.90. The molecule has 0 spiro atoms. The Morgan fingerprint density at radius 3 is 2.53 bits per heavy atom. The number of amides is 1. The minimum absolute atomic E-state index is 0.0284. The van der Waals surface area contributed by atoms with Gasteiger partial charge in [0.25, 0.3) is 0 Å². The van der Waals surface area contributed by atoms with Gasteiger partial charge in [-0.25, -0.2) is 8.42 Å². The van der Waals surface area contributed by atoms with E-state index < -0.39 is 15.4 Å². The number of nitrogens with two attached hydrogens (primary N) is 1. The summed E-state index contributed by atoms with van der Waals surface area (Å²) in [5.41, 5.74) is 5.56. The number of rotatable bonds is 2. The maximum absolute atomic E-state index is 12.4. The summed E-state index contributed by atoms with van der Waals surface area (Å²) in [6.07, 6.45) is 3.80. The van der Waals surface area contributed by atoms with E-state index in [4.69, 9.17) is 5.73 Å². The van der Waals surface area contributed by atoms with Crippen LogP contribution < -0.4 is 11.1 Å². The van der Waals surface area contributed by atoms with Crippen LogP contribution in [0.3, 0.4) is 0 Å². The van der Waals surface area contributed by atoms with E-state index >= 15 is 0 Å². The molecule has 3 N–H and O–H groups in total. The van der Waals surface area contributed by atoms with E-state index in [0.29, 0.717) is 18.3 Å². The lowest BCUT2D eigenvalue weighted by molar-refractivity contribution is -0.128. The van der Waals surface area contributed by atoms with Gasteiger partial charge in [-0.15, -0.1) is 0 Å². The first-order chi connectivity index (χ1) is 8.80. The Labute approximate surface area is 114 Å². The minimum atomic E-state index is -2.99. The van der Waals surface area contributed by atoms with Crippen LogP contribution in [-0.2, 0) is 14.6 Å². The van der Waals surface area contributed by atoms with E-state index in [1.807, 2.05) is 6.92 Å². The topological polar surface area (TPSA) is 89.3 Å². The van der Waals surface area contributed by atoms with Gasteiger partial charge in [-0.2, -0.15) is 0 Å². The summed E-state index contributed by atoms with van der Waals surface area (Å²) < 4.78 is 23.1. The maximum Gasteiger partial charge on any atom is 0.225 e. The van der Waals surface area contributed by atoms with Crippen LogP contribution in [0.15, 0.2) is 0 Å². The van der Waals surface area contributed by atoms with Crippen molar-refractivity contribution in [2.24, 2.45) is 23.5 Å². The molecule has 1 heterocycles. The molecule has 0 aromatic heterocycles. The number of carbonyl (C=O) groups is 1. The highest BCUT2D eigenvalue weighted by atomic mass is 32.2. The Morgan fingerprint density at radius 1 is 1.32 bits per heavy atom. The molecule has 6 heteroatoms. The first-order valence-electron chi connectivity index (χ1n) is 7.08. The molecule has 5 nitrogen and oxygen atoms in total. The largest absolute Gasteiger partial charge is 0.350 e. The molecule has 2 saturated carbocycles. The molecule has 2 bridgehead atoms. The Morgan fingerprint density at radius 2 is 2.00 bits per heavy atom. The third-order valence-corrected chi connectivity index (χ3v) is 7.11. The van der Waals surface area contributed by atoms with Gasteiger partial charge >= 0.3 is 0 Å². The summed E-state index contributed by atoms with van der Waals surface area (Å²) >= 11 is 0. The summed E-state index contributed by atoms with van der Waals surface area (Å²) in [6, 6.07) is -0.0413. The molecule has 3 rings (SSSR count). The summed E-state index contributed by atoms with van der Waals surface area (Å²) in [5.74, 6) is 0.981. The van der Waals surface area contributed by atoms with Crippen molar-refractivity contribution in [2.75, 3.05) is 11.5 Å². The number of carbonyl (C=O) groups excluding carboxylic acids is 1. The summed E-state index contributed by atoms with van der Waals surface area (Å²) in [4.78, 5) is 12.4. The van der Waals surface area contributed by atoms with Gasteiger partial charge in [-0.05, 0) is 44.4 Å². The molecular weight excluding hydrogens is 264 g/mol. The second kappa shape index (κ2) is 4.19. The van der Waals surface area contributed by atoms with E-state index in [9.17, 15) is 13.2 Å². The SMILES string of the molecule is CC1(NC(=O)C2C3CCC(C3)C2N)CCS(=O)(=O)C1. The van der Waals surface area contributed by atoms with Crippen molar-refractivity contribution < 1.29 is 13.2 Å². The number of sulfone groups is 1. The van der Waals surface area contributed by atoms with Crippen LogP contribution in [0.4, 0.5) is 0 Å². The van der Waals surface area contributed by atoms with Crippen LogP contribution in [-0.4, -0.2) is 37.4 Å². The van der Waals surface area contributed by atoms with Crippen molar-refractivity contribution in [3.63, 3.8) is 0 Å². The quantitative estimate of drug-likeness (QED) is 0.751. The van der Waals surface area contributed by atoms with Crippen molar-refractivity contribution in [1.29, 1.82) is 0 Å². The predicted octanol–water partition coefficient (Wildman–Crippen LogP) is 0.0532. The van der Waals surface area contributed by atoms with Gasteiger partial charge in [0, 0.05) is 6.04 Å². The van der Waals surface area contributed by atoms with Crippen molar-refractivity contribution in [3.05, 3.63) is 0 Å². The van der Waals surface area contributed by atoms with E-state index in [1.165, 1.54) is 0 Å². The van der Waals surface area contributed by atoms with Crippen molar-refractivity contribution in [2.45, 2.75) is 44.2 Å². The Kier molecular flexibility index (Phi) is 2.94. The second-order valence-corrected chi connectivity index (χ2v) is 9.01. The molecule has 5 atom stereocenters. The summed E-state index contributed by atoms with van der Waals surface area (Å²) in [5, 5.41) is 2.97. The molecule has 108 valence electrons. The average Bonchev–Trinajstić information content (AvgIpc) is 2.92. The number of hydrogen-bond acceptors (Lipinski definition) is 4. The molecule has 1 aliphatic heterocycles. The van der Waals surface area contributed by atoms with E-state index in [-0.39, 0.29) is 29.4 Å². The van der Waals surface area contributed by atoms with Gasteiger partial charge in [-0.3, -0.25) is 4.79 Å². The van der Waals surface area contributed by atoms with Crippen LogP contribution >= 0.6 is 0 Å². The smallest absolute Gasteiger partial charge is 0.225 e. The van der Waals surface area contributed by atoms with Crippen LogP contribution in [0.1, 0.15) is 32.6 Å². The molecule has 0 aromatic rings. The zero-order valence-electron chi connectivity index (χ0n) is 11.3. The molecule has 0 aromatic carbocycles. The lowest BCUT2D eigenvalue weighted by Crippen LogP contribution is -2.53. The van der Waals surface area contributed by atoms with Gasteiger partial charge in [0.05, 0.1) is 23.0 Å². The molecule has 19 heavy (non-hydrogen) atoms. The highest BCUT2D eigenvalue weighted by Crippen LogP contribution is 2.47. The third kappa shape index (κ3) is 2.29. The fourth-order valence-corrected chi connectivity index (χ4v) is 6.31. The van der Waals surface area contributed by atoms with Gasteiger partial charge < -0.3 is 11.1 Å². The lowest BCUT2D eigenvalue weighted by atomic mass is 9.83. The Bertz CT molecular complexity index is 502. The zero-order valence-corrected chi connectivity index (χ0v) is 12.1. The second-order valence-electron chi connectivity index (χ2n) is 6.83. The Hall–Kier alpha value is -0.620. The predicted molar refractivity (Wildman–Crippen MR) is 72.1 cm³/mol. The van der Waals surface area contributed by atoms with E-state index in [2.05, 4.69) is 5.32 Å². The van der Waals surface area contributed by atoms with Gasteiger partial charge in [0.2, 0.25) is 5.91 Å². The van der Waals surface area contributed by atoms with Crippen molar-refractivity contribution in [1.82, 2.24) is 5.32 Å². The Balaban J connectivity index is 1.69. The van der Waals surface area contributed by atoms with Gasteiger partial charge in [0.15, 0.2) is 9.84 Å². The first kappa shape index (κ1) is 13.4. The molecule has 5 unspecified atom stereocenters. The highest BCUT2D eigenvalue weighted by Gasteiger charge is 2.50. The maximum atomic E-state index is 12.4. The number of fused-ring (bicyclic) bond motifs is 2. The molecule has 3 fully saturated rings. The molecule has 3 aliphatic rings. The molecule has 1 amide bonds. The van der Waals surface area contributed by atoms with Gasteiger partial charge in [0.1, 0.15) is 0 Å². The summed E-state index contributed by atoms with van der Waals surface area (Å²) in [7, 11) is -2.99. The highest BCUT2D eigenvalue weighted by molar-refractivity contribution is 7.91. The van der Waals surface area contributed by atoms with Crippen LogP contribution in [0.25, 0.3) is 0 Å². The fourth-order valence-electron chi connectivity index (χ4n) is 4.21. The zero-order chi connectivity index (χ0) is 13.8. The van der Waals surface area contributed by atoms with Crippen molar-refractivity contribution in [3.8, 4) is 0 Å². The average molecular weight is 286 g/mol. The minimum Gasteiger partial charge on any atom is -0.350 e. The molecule has 1 saturated heterocycles. The van der Waals surface area contributed by atoms with E-state index in [1.54, 1.807) is 0 Å². The standard InChI is InChI=1S/C13H22N2O3S/c1-13(4-5-19(17,18)7-13)15-12(16)10-8-2-3-9(6-8)11(10)14/h8-11H,2-7,14H2,1H3,(H,15,16). The normalized spacial score (nSPS) is 47.5. The molecule has 0 radical (unpaired) electrons. The van der Waals surface area contributed by atoms with Crippen LogP contribution in [0.2, 0.25) is 0 Å². The van der Waals surface area contributed by atoms with Crippen LogP contribution in [0, 0.1) is 17.8 Å². The van der Waals surface area contributed by atoms with Crippen molar-refractivity contribution >= 4 is 15.7 Å². The molecular formula is C13H22N2O3S. The molecule has 2 aliphatic carbocycles. The summed E-state index contributed by atoms with van der Waals surface area (Å²) in [6.45, 7) is 1.83. The number of nitrogens with one attached hydrogen (secondary N) is 1.